The van der Waals surface area contributed by atoms with Crippen molar-refractivity contribution in [2.75, 3.05) is 0 Å². The molecule has 0 unspecified atom stereocenters. The Morgan fingerprint density at radius 2 is 1.71 bits per heavy atom. The molecule has 0 radical (unpaired) electrons. The lowest BCUT2D eigenvalue weighted by molar-refractivity contribution is 0.278. The molecule has 1 N–H and O–H groups in total. The summed E-state index contributed by atoms with van der Waals surface area (Å²) in [5, 5.41) is 3.68. The summed E-state index contributed by atoms with van der Waals surface area (Å²) < 4.78 is 0. The summed E-state index contributed by atoms with van der Waals surface area (Å²) >= 11 is 0. The molecular formula is C15H27NSi. The van der Waals surface area contributed by atoms with Gasteiger partial charge in [0.25, 0.3) is 0 Å². The van der Waals surface area contributed by atoms with Gasteiger partial charge in [0, 0.05) is 12.0 Å². The first-order chi connectivity index (χ1) is 7.59. The Morgan fingerprint density at radius 1 is 1.12 bits per heavy atom. The van der Waals surface area contributed by atoms with Gasteiger partial charge in [0.05, 0.1) is 6.04 Å². The van der Waals surface area contributed by atoms with E-state index < -0.39 is 8.07 Å². The minimum Gasteiger partial charge on any atom is -0.296 e. The molecule has 17 heavy (non-hydrogen) atoms. The van der Waals surface area contributed by atoms with E-state index in [1.54, 1.807) is 0 Å². The van der Waals surface area contributed by atoms with Crippen molar-refractivity contribution in [1.82, 2.24) is 5.32 Å². The van der Waals surface area contributed by atoms with E-state index in [1.807, 2.05) is 0 Å². The van der Waals surface area contributed by atoms with Crippen LogP contribution in [0.25, 0.3) is 0 Å². The quantitative estimate of drug-likeness (QED) is 0.394. The summed E-state index contributed by atoms with van der Waals surface area (Å²) in [7, 11) is -1.26. The molecule has 0 amide bonds. The van der Waals surface area contributed by atoms with Crippen molar-refractivity contribution in [3.63, 3.8) is 0 Å². The molecule has 0 aromatic rings. The van der Waals surface area contributed by atoms with E-state index in [-0.39, 0.29) is 5.41 Å². The number of hydrogen-bond acceptors (Lipinski definition) is 1. The molecule has 2 heteroatoms. The SMILES string of the molecule is C[C@H]1C=C[C@@H](C(C)(C)C)N[C@H]1C#C[Si](C)(C)C. The highest BCUT2D eigenvalue weighted by Crippen LogP contribution is 2.25. The van der Waals surface area contributed by atoms with Crippen LogP contribution >= 0.6 is 0 Å². The first kappa shape index (κ1) is 14.5. The Kier molecular flexibility index (Phi) is 4.27. The van der Waals surface area contributed by atoms with Gasteiger partial charge in [-0.1, -0.05) is 65.4 Å². The third kappa shape index (κ3) is 4.69. The highest BCUT2D eigenvalue weighted by molar-refractivity contribution is 6.83. The Labute approximate surface area is 108 Å². The highest BCUT2D eigenvalue weighted by Gasteiger charge is 2.29. The van der Waals surface area contributed by atoms with Crippen LogP contribution in [0.5, 0.6) is 0 Å². The Bertz CT molecular complexity index is 346. The van der Waals surface area contributed by atoms with Gasteiger partial charge in [-0.25, -0.2) is 0 Å². The molecule has 0 saturated heterocycles. The van der Waals surface area contributed by atoms with Crippen LogP contribution in [-0.4, -0.2) is 20.2 Å². The second-order valence-electron chi connectivity index (χ2n) is 7.25. The third-order valence-electron chi connectivity index (χ3n) is 3.03. The Morgan fingerprint density at radius 3 is 2.18 bits per heavy atom. The van der Waals surface area contributed by atoms with E-state index in [9.17, 15) is 0 Å². The van der Waals surface area contributed by atoms with Crippen molar-refractivity contribution >= 4 is 8.07 Å². The van der Waals surface area contributed by atoms with Gasteiger partial charge in [0.15, 0.2) is 0 Å². The van der Waals surface area contributed by atoms with Crippen LogP contribution in [0.15, 0.2) is 12.2 Å². The van der Waals surface area contributed by atoms with Crippen molar-refractivity contribution < 1.29 is 0 Å². The van der Waals surface area contributed by atoms with Gasteiger partial charge in [0.2, 0.25) is 0 Å². The lowest BCUT2D eigenvalue weighted by Crippen LogP contribution is -2.49. The van der Waals surface area contributed by atoms with Crippen molar-refractivity contribution in [1.29, 1.82) is 0 Å². The summed E-state index contributed by atoms with van der Waals surface area (Å²) in [6.45, 7) is 15.9. The molecule has 3 atom stereocenters. The zero-order valence-electron chi connectivity index (χ0n) is 12.4. The lowest BCUT2D eigenvalue weighted by atomic mass is 9.82. The van der Waals surface area contributed by atoms with Crippen molar-refractivity contribution in [2.45, 2.75) is 59.4 Å². The summed E-state index contributed by atoms with van der Waals surface area (Å²) in [6, 6.07) is 0.746. The van der Waals surface area contributed by atoms with Gasteiger partial charge in [-0.2, -0.15) is 0 Å². The first-order valence-electron chi connectivity index (χ1n) is 6.57. The van der Waals surface area contributed by atoms with Gasteiger partial charge < -0.3 is 0 Å². The first-order valence-corrected chi connectivity index (χ1v) is 10.1. The Balaban J connectivity index is 2.81. The van der Waals surface area contributed by atoms with Crippen LogP contribution in [0.2, 0.25) is 19.6 Å². The molecule has 1 nitrogen and oxygen atoms in total. The maximum atomic E-state index is 3.68. The van der Waals surface area contributed by atoms with Crippen LogP contribution in [-0.2, 0) is 0 Å². The molecule has 0 spiro atoms. The summed E-state index contributed by atoms with van der Waals surface area (Å²) in [6.07, 6.45) is 4.62. The van der Waals surface area contributed by atoms with Crippen LogP contribution in [0, 0.1) is 22.8 Å². The molecule has 1 rings (SSSR count). The minimum atomic E-state index is -1.26. The zero-order chi connectivity index (χ0) is 13.3. The fourth-order valence-electron chi connectivity index (χ4n) is 1.80. The highest BCUT2D eigenvalue weighted by atomic mass is 28.3. The predicted molar refractivity (Wildman–Crippen MR) is 79.6 cm³/mol. The summed E-state index contributed by atoms with van der Waals surface area (Å²) in [5.74, 6) is 3.97. The zero-order valence-corrected chi connectivity index (χ0v) is 13.4. The van der Waals surface area contributed by atoms with Crippen molar-refractivity contribution in [2.24, 2.45) is 11.3 Å². The topological polar surface area (TPSA) is 12.0 Å². The fraction of sp³-hybridized carbons (Fsp3) is 0.733. The largest absolute Gasteiger partial charge is 0.296 e. The van der Waals surface area contributed by atoms with E-state index in [0.717, 1.165) is 0 Å². The van der Waals surface area contributed by atoms with Crippen LogP contribution in [0.1, 0.15) is 27.7 Å². The number of hydrogen-bond donors (Lipinski definition) is 1. The van der Waals surface area contributed by atoms with Gasteiger partial charge in [-0.05, 0) is 5.41 Å². The van der Waals surface area contributed by atoms with Crippen LogP contribution in [0.3, 0.4) is 0 Å². The normalized spacial score (nSPS) is 29.7. The number of rotatable bonds is 0. The molecule has 96 valence electrons. The summed E-state index contributed by atoms with van der Waals surface area (Å²) in [5.41, 5.74) is 3.75. The van der Waals surface area contributed by atoms with Crippen molar-refractivity contribution in [3.8, 4) is 11.5 Å². The molecule has 1 heterocycles. The second kappa shape index (κ2) is 5.00. The smallest absolute Gasteiger partial charge is 0.129 e. The van der Waals surface area contributed by atoms with Gasteiger partial charge in [-0.15, -0.1) is 5.54 Å². The molecule has 1 aliphatic rings. The molecule has 0 aromatic heterocycles. The maximum Gasteiger partial charge on any atom is 0.129 e. The Hall–Kier alpha value is -0.523. The molecule has 1 aliphatic heterocycles. The van der Waals surface area contributed by atoms with Crippen molar-refractivity contribution in [3.05, 3.63) is 12.2 Å². The number of nitrogens with one attached hydrogen (secondary N) is 1. The third-order valence-corrected chi connectivity index (χ3v) is 3.92. The molecule has 0 fully saturated rings. The standard InChI is InChI=1S/C15H27NSi/c1-12-8-9-14(15(2,3)4)16-13(12)10-11-17(5,6)7/h8-9,12-14,16H,1-7H3/t12-,13-,14-/m0/s1. The lowest BCUT2D eigenvalue weighted by Gasteiger charge is -2.36. The van der Waals surface area contributed by atoms with Gasteiger partial charge >= 0.3 is 0 Å². The van der Waals surface area contributed by atoms with Gasteiger partial charge in [-0.3, -0.25) is 5.32 Å². The van der Waals surface area contributed by atoms with E-state index in [4.69, 9.17) is 0 Å². The summed E-state index contributed by atoms with van der Waals surface area (Å²) in [4.78, 5) is 0. The molecule has 0 bridgehead atoms. The fourth-order valence-corrected chi connectivity index (χ4v) is 2.39. The molecule has 0 saturated carbocycles. The second-order valence-corrected chi connectivity index (χ2v) is 12.0. The van der Waals surface area contributed by atoms with Crippen LogP contribution < -0.4 is 5.32 Å². The van der Waals surface area contributed by atoms with Gasteiger partial charge in [0.1, 0.15) is 8.07 Å². The molecule has 0 aliphatic carbocycles. The monoisotopic (exact) mass is 249 g/mol. The van der Waals surface area contributed by atoms with E-state index in [1.165, 1.54) is 0 Å². The van der Waals surface area contributed by atoms with E-state index in [0.29, 0.717) is 18.0 Å². The minimum absolute atomic E-state index is 0.260. The van der Waals surface area contributed by atoms with E-state index >= 15 is 0 Å². The maximum absolute atomic E-state index is 3.68. The van der Waals surface area contributed by atoms with E-state index in [2.05, 4.69) is 76.3 Å². The average molecular weight is 249 g/mol. The molecular weight excluding hydrogens is 222 g/mol. The molecule has 0 aromatic carbocycles. The predicted octanol–water partition coefficient (Wildman–Crippen LogP) is 3.45. The van der Waals surface area contributed by atoms with Crippen LogP contribution in [0.4, 0.5) is 0 Å². The average Bonchev–Trinajstić information content (AvgIpc) is 2.13.